The van der Waals surface area contributed by atoms with Crippen molar-refractivity contribution in [2.24, 2.45) is 0 Å². The number of benzene rings is 2. The zero-order chi connectivity index (χ0) is 50.4. The lowest BCUT2D eigenvalue weighted by molar-refractivity contribution is -0.386. The lowest BCUT2D eigenvalue weighted by Crippen LogP contribution is -2.48. The van der Waals surface area contributed by atoms with E-state index in [9.17, 15) is 49.0 Å². The van der Waals surface area contributed by atoms with E-state index in [2.05, 4.69) is 55.5 Å². The highest BCUT2D eigenvalue weighted by Crippen LogP contribution is 2.40. The maximum atomic E-state index is 12.1. The van der Waals surface area contributed by atoms with Crippen molar-refractivity contribution in [2.75, 3.05) is 27.4 Å². The zero-order valence-electron chi connectivity index (χ0n) is 38.9. The Morgan fingerprint density at radius 1 is 0.731 bits per heavy atom. The third-order valence-corrected chi connectivity index (χ3v) is 19.3. The Kier molecular flexibility index (Phi) is 20.0. The fraction of sp³-hybridized carbons (Fsp3) is 0.500. The Hall–Kier alpha value is -6.43. The molecule has 2 aliphatic rings. The van der Waals surface area contributed by atoms with Crippen molar-refractivity contribution in [1.29, 1.82) is 0 Å². The lowest BCUT2D eigenvalue weighted by Gasteiger charge is -2.34. The minimum Gasteiger partial charge on any atom is -0.493 e. The first-order valence-electron chi connectivity index (χ1n) is 20.8. The molecule has 0 bridgehead atoms. The molecule has 2 aliphatic heterocycles. The van der Waals surface area contributed by atoms with E-state index in [1.807, 2.05) is 0 Å². The molecule has 0 radical (unpaired) electrons. The molecular weight excluding hydrogens is 941 g/mol. The summed E-state index contributed by atoms with van der Waals surface area (Å²) in [6, 6.07) is 5.80. The van der Waals surface area contributed by atoms with Gasteiger partial charge in [-0.3, -0.25) is 49.1 Å². The van der Waals surface area contributed by atoms with E-state index in [0.29, 0.717) is 16.5 Å². The van der Waals surface area contributed by atoms with Crippen LogP contribution in [0, 0.1) is 20.2 Å². The van der Waals surface area contributed by atoms with Crippen LogP contribution in [-0.4, -0.2) is 109 Å². The number of carbonyl (C=O) groups is 6. The second-order valence-corrected chi connectivity index (χ2v) is 26.7. The number of hydroxylamine groups is 4. The van der Waals surface area contributed by atoms with Crippen LogP contribution in [-0.2, 0) is 46.6 Å². The molecule has 2 saturated heterocycles. The van der Waals surface area contributed by atoms with Crippen molar-refractivity contribution < 1.29 is 84.9 Å². The van der Waals surface area contributed by atoms with Crippen molar-refractivity contribution in [2.45, 2.75) is 103 Å². The van der Waals surface area contributed by atoms with Crippen molar-refractivity contribution in [3.05, 3.63) is 68.3 Å². The molecular formula is C40H56N4O20Si3. The highest BCUT2D eigenvalue weighted by atomic mass is 28.5. The molecule has 2 fully saturated rings. The van der Waals surface area contributed by atoms with Crippen LogP contribution in [0.5, 0.6) is 23.0 Å². The summed E-state index contributed by atoms with van der Waals surface area (Å²) in [5.74, 6) is -2.03. The third-order valence-electron chi connectivity index (χ3n) is 9.36. The third kappa shape index (κ3) is 16.1. The fourth-order valence-electron chi connectivity index (χ4n) is 6.70. The number of imide groups is 2. The summed E-state index contributed by atoms with van der Waals surface area (Å²) in [6.07, 6.45) is -3.18. The number of carbonyl (C=O) groups excluding carboxylic acids is 6. The molecule has 0 saturated carbocycles. The van der Waals surface area contributed by atoms with Gasteiger partial charge in [0, 0.05) is 25.7 Å². The molecule has 0 N–H and O–H groups in total. The van der Waals surface area contributed by atoms with Crippen LogP contribution in [0.25, 0.3) is 0 Å². The van der Waals surface area contributed by atoms with Gasteiger partial charge in [-0.05, 0) is 77.7 Å². The molecule has 2 atom stereocenters. The quantitative estimate of drug-likeness (QED) is 0.0218. The van der Waals surface area contributed by atoms with Gasteiger partial charge < -0.3 is 36.7 Å². The van der Waals surface area contributed by atoms with E-state index in [0.717, 1.165) is 12.1 Å². The first-order chi connectivity index (χ1) is 31.3. The number of methoxy groups -OCH3 is 2. The van der Waals surface area contributed by atoms with E-state index < -0.39 is 83.9 Å². The number of hydrogen-bond donors (Lipinski definition) is 0. The van der Waals surface area contributed by atoms with Crippen LogP contribution in [0.2, 0.25) is 45.3 Å². The van der Waals surface area contributed by atoms with Crippen LogP contribution < -0.4 is 18.9 Å². The molecule has 2 heterocycles. The number of ether oxygens (including phenoxy) is 6. The van der Waals surface area contributed by atoms with E-state index in [-0.39, 0.29) is 84.4 Å². The zero-order valence-corrected chi connectivity index (χ0v) is 42.1. The number of hydrogen-bond acceptors (Lipinski definition) is 20. The molecule has 24 nitrogen and oxygen atoms in total. The topological polar surface area (TPSA) is 287 Å². The molecule has 4 amide bonds. The van der Waals surface area contributed by atoms with Gasteiger partial charge in [-0.25, -0.2) is 9.59 Å². The second-order valence-electron chi connectivity index (χ2n) is 16.0. The molecule has 2 aromatic carbocycles. The average molecular weight is 997 g/mol. The van der Waals surface area contributed by atoms with Gasteiger partial charge in [-0.2, -0.15) is 0 Å². The number of nitro groups is 2. The maximum Gasteiger partial charge on any atom is 0.534 e. The smallest absolute Gasteiger partial charge is 0.493 e. The predicted octanol–water partition coefficient (Wildman–Crippen LogP) is 7.02. The number of nitrogens with zero attached hydrogens (tertiary/aromatic N) is 4. The van der Waals surface area contributed by atoms with Crippen molar-refractivity contribution in [3.63, 3.8) is 0 Å². The Labute approximate surface area is 389 Å². The average Bonchev–Trinajstić information content (AvgIpc) is 3.73. The minimum absolute atomic E-state index is 0.00354. The summed E-state index contributed by atoms with van der Waals surface area (Å²) in [6.45, 7) is 19.3. The molecule has 0 aromatic heterocycles. The molecule has 368 valence electrons. The summed E-state index contributed by atoms with van der Waals surface area (Å²) in [5, 5.41) is 23.9. The molecule has 0 aliphatic carbocycles. The van der Waals surface area contributed by atoms with Gasteiger partial charge in [-0.1, -0.05) is 22.8 Å². The summed E-state index contributed by atoms with van der Waals surface area (Å²) in [5.41, 5.74) is -0.722. The van der Waals surface area contributed by atoms with E-state index in [4.69, 9.17) is 36.7 Å². The van der Waals surface area contributed by atoms with E-state index in [1.165, 1.54) is 52.3 Å². The van der Waals surface area contributed by atoms with Gasteiger partial charge in [0.25, 0.3) is 35.0 Å². The normalized spacial score (nSPS) is 14.7. The Bertz CT molecular complexity index is 2170. The van der Waals surface area contributed by atoms with Crippen LogP contribution in [0.15, 0.2) is 36.9 Å². The fourth-order valence-corrected chi connectivity index (χ4v) is 18.6. The molecule has 4 rings (SSSR count). The van der Waals surface area contributed by atoms with Crippen LogP contribution in [0.3, 0.4) is 0 Å². The summed E-state index contributed by atoms with van der Waals surface area (Å²) in [4.78, 5) is 102. The van der Waals surface area contributed by atoms with Crippen LogP contribution in [0.1, 0.15) is 69.3 Å². The maximum absolute atomic E-state index is 12.1. The molecule has 2 aromatic rings. The molecule has 2 unspecified atom stereocenters. The largest absolute Gasteiger partial charge is 0.534 e. The van der Waals surface area contributed by atoms with E-state index >= 15 is 0 Å². The number of nitro benzene ring substituents is 2. The van der Waals surface area contributed by atoms with Crippen LogP contribution in [0.4, 0.5) is 21.0 Å². The minimum atomic E-state index is -2.20. The van der Waals surface area contributed by atoms with Crippen molar-refractivity contribution >= 4 is 73.2 Å². The van der Waals surface area contributed by atoms with Gasteiger partial charge in [0.15, 0.2) is 40.4 Å². The van der Waals surface area contributed by atoms with Gasteiger partial charge in [0.05, 0.1) is 53.9 Å². The van der Waals surface area contributed by atoms with E-state index in [1.54, 1.807) is 0 Å². The van der Waals surface area contributed by atoms with Gasteiger partial charge in [0.2, 0.25) is 0 Å². The standard InChI is InChI=1S/C23H38N2O11Si3.C17H18N2O9/c1-16(33-23(28)34-24-21(26)10-11-22(24)27)17-14-19(31-2)20(15-18(17)25(29)30)32-12-9-13-38(5,6)36-39(7,8)35-37(3)4;1-4-7-26-14-9-12(19(23)24)11(8-13(14)25-3)10(2)27-17(22)28-18-15(20)5-6-16(18)21/h14-16,37H,9-13H2,1-8H3;4,8-10H,1,5-7H2,2-3H3. The number of amides is 4. The Morgan fingerprint density at radius 2 is 1.13 bits per heavy atom. The molecule has 27 heteroatoms. The lowest BCUT2D eigenvalue weighted by atomic mass is 10.1. The van der Waals surface area contributed by atoms with Gasteiger partial charge in [-0.15, -0.1) is 0 Å². The van der Waals surface area contributed by atoms with Crippen molar-refractivity contribution in [1.82, 2.24) is 10.1 Å². The molecule has 0 spiro atoms. The highest BCUT2D eigenvalue weighted by molar-refractivity contribution is 6.84. The number of rotatable bonds is 22. The first kappa shape index (κ1) is 54.9. The van der Waals surface area contributed by atoms with Crippen molar-refractivity contribution in [3.8, 4) is 23.0 Å². The van der Waals surface area contributed by atoms with Gasteiger partial charge >= 0.3 is 20.9 Å². The predicted molar refractivity (Wildman–Crippen MR) is 240 cm³/mol. The SMILES string of the molecule is C=CCOc1cc([N+](=O)[O-])c(C(C)OC(=O)ON2C(=O)CCC2=O)cc1OC.COc1cc(C(C)OC(=O)ON2C(=O)CCC2=O)c([N+](=O)[O-])cc1OCCC[Si](C)(C)O[Si](C)(C)O[SiH](C)C. The first-order valence-corrected chi connectivity index (χ1v) is 29.5. The summed E-state index contributed by atoms with van der Waals surface area (Å²) in [7, 11) is -2.71. The Balaban J connectivity index is 0.000000375. The van der Waals surface area contributed by atoms with Gasteiger partial charge in [0.1, 0.15) is 18.8 Å². The molecule has 67 heavy (non-hydrogen) atoms. The second kappa shape index (κ2) is 24.4. The van der Waals surface area contributed by atoms with Crippen LogP contribution >= 0.6 is 0 Å². The summed E-state index contributed by atoms with van der Waals surface area (Å²) >= 11 is 0. The summed E-state index contributed by atoms with van der Waals surface area (Å²) < 4.78 is 44.4. The highest BCUT2D eigenvalue weighted by Gasteiger charge is 2.37. The Morgan fingerprint density at radius 3 is 1.49 bits per heavy atom. The monoisotopic (exact) mass is 996 g/mol.